The molecule has 78 valence electrons. The second kappa shape index (κ2) is 5.50. The monoisotopic (exact) mass is 205 g/mol. The normalized spacial score (nSPS) is 13.9. The minimum Gasteiger partial charge on any atom is -0.459 e. The Bertz CT molecular complexity index is 165. The van der Waals surface area contributed by atoms with Crippen LogP contribution in [0.5, 0.6) is 0 Å². The van der Waals surface area contributed by atoms with E-state index in [1.165, 1.54) is 0 Å². The van der Waals surface area contributed by atoms with Crippen LogP contribution in [0, 0.1) is 0 Å². The highest BCUT2D eigenvalue weighted by atomic mass is 32.2. The second-order valence-electron chi connectivity index (χ2n) is 3.80. The SMILES string of the molecule is CCSC[C@H](N)C(=O)OC(C)(C)C. The van der Waals surface area contributed by atoms with Crippen molar-refractivity contribution in [3.8, 4) is 0 Å². The van der Waals surface area contributed by atoms with Crippen molar-refractivity contribution < 1.29 is 9.53 Å². The predicted molar refractivity (Wildman–Crippen MR) is 56.8 cm³/mol. The first kappa shape index (κ1) is 12.8. The van der Waals surface area contributed by atoms with Crippen LogP contribution >= 0.6 is 11.8 Å². The van der Waals surface area contributed by atoms with Gasteiger partial charge in [0.05, 0.1) is 0 Å². The smallest absolute Gasteiger partial charge is 0.324 e. The number of hydrogen-bond donors (Lipinski definition) is 1. The summed E-state index contributed by atoms with van der Waals surface area (Å²) in [5.41, 5.74) is 5.18. The van der Waals surface area contributed by atoms with Crippen molar-refractivity contribution in [3.05, 3.63) is 0 Å². The summed E-state index contributed by atoms with van der Waals surface area (Å²) in [5.74, 6) is 1.29. The van der Waals surface area contributed by atoms with Crippen molar-refractivity contribution in [1.82, 2.24) is 0 Å². The highest BCUT2D eigenvalue weighted by molar-refractivity contribution is 7.99. The molecule has 0 heterocycles. The molecule has 0 unspecified atom stereocenters. The summed E-state index contributed by atoms with van der Waals surface area (Å²) in [4.78, 5) is 11.3. The van der Waals surface area contributed by atoms with Gasteiger partial charge in [-0.1, -0.05) is 6.92 Å². The molecule has 0 bridgehead atoms. The Morgan fingerprint density at radius 3 is 2.46 bits per heavy atom. The molecular formula is C9H19NO2S. The predicted octanol–water partition coefficient (Wildman–Crippen LogP) is 1.41. The molecule has 2 N–H and O–H groups in total. The molecule has 1 atom stereocenters. The number of hydrogen-bond acceptors (Lipinski definition) is 4. The van der Waals surface area contributed by atoms with Crippen LogP contribution in [-0.4, -0.2) is 29.1 Å². The average molecular weight is 205 g/mol. The fourth-order valence-corrected chi connectivity index (χ4v) is 1.32. The zero-order chi connectivity index (χ0) is 10.5. The van der Waals surface area contributed by atoms with Crippen LogP contribution < -0.4 is 5.73 Å². The highest BCUT2D eigenvalue weighted by Crippen LogP contribution is 2.09. The standard InChI is InChI=1S/C9H19NO2S/c1-5-13-6-7(10)8(11)12-9(2,3)4/h7H,5-6,10H2,1-4H3/t7-/m0/s1. The summed E-state index contributed by atoms with van der Waals surface area (Å²) in [6.07, 6.45) is 0. The van der Waals surface area contributed by atoms with Gasteiger partial charge in [-0.3, -0.25) is 4.79 Å². The van der Waals surface area contributed by atoms with Gasteiger partial charge >= 0.3 is 5.97 Å². The first-order valence-corrected chi connectivity index (χ1v) is 5.58. The molecule has 0 aliphatic carbocycles. The van der Waals surface area contributed by atoms with Gasteiger partial charge in [-0.15, -0.1) is 0 Å². The van der Waals surface area contributed by atoms with E-state index in [0.717, 1.165) is 5.75 Å². The molecular weight excluding hydrogens is 186 g/mol. The molecule has 0 radical (unpaired) electrons. The molecule has 0 aliphatic heterocycles. The number of carbonyl (C=O) groups is 1. The minimum atomic E-state index is -0.496. The van der Waals surface area contributed by atoms with Crippen molar-refractivity contribution in [2.75, 3.05) is 11.5 Å². The summed E-state index contributed by atoms with van der Waals surface area (Å²) < 4.78 is 5.12. The van der Waals surface area contributed by atoms with Gasteiger partial charge in [0, 0.05) is 5.75 Å². The van der Waals surface area contributed by atoms with Gasteiger partial charge in [0.25, 0.3) is 0 Å². The van der Waals surface area contributed by atoms with Crippen molar-refractivity contribution in [2.24, 2.45) is 5.73 Å². The van der Waals surface area contributed by atoms with Crippen LogP contribution in [0.4, 0.5) is 0 Å². The van der Waals surface area contributed by atoms with E-state index in [9.17, 15) is 4.79 Å². The van der Waals surface area contributed by atoms with Crippen molar-refractivity contribution in [3.63, 3.8) is 0 Å². The second-order valence-corrected chi connectivity index (χ2v) is 5.12. The Labute approximate surface area is 84.4 Å². The molecule has 0 spiro atoms. The van der Waals surface area contributed by atoms with Crippen molar-refractivity contribution >= 4 is 17.7 Å². The topological polar surface area (TPSA) is 52.3 Å². The van der Waals surface area contributed by atoms with Crippen LogP contribution in [-0.2, 0) is 9.53 Å². The summed E-state index contributed by atoms with van der Waals surface area (Å²) in [5, 5.41) is 0. The third-order valence-corrected chi connectivity index (χ3v) is 2.21. The van der Waals surface area contributed by atoms with Crippen LogP contribution in [0.15, 0.2) is 0 Å². The van der Waals surface area contributed by atoms with Gasteiger partial charge in [-0.2, -0.15) is 11.8 Å². The van der Waals surface area contributed by atoms with Gasteiger partial charge in [-0.05, 0) is 26.5 Å². The first-order chi connectivity index (χ1) is 5.87. The third-order valence-electron chi connectivity index (χ3n) is 1.21. The lowest BCUT2D eigenvalue weighted by molar-refractivity contribution is -0.155. The van der Waals surface area contributed by atoms with Crippen molar-refractivity contribution in [2.45, 2.75) is 39.3 Å². The first-order valence-electron chi connectivity index (χ1n) is 4.43. The number of thioether (sulfide) groups is 1. The van der Waals surface area contributed by atoms with Gasteiger partial charge in [0.1, 0.15) is 11.6 Å². The molecule has 4 heteroatoms. The van der Waals surface area contributed by atoms with E-state index < -0.39 is 11.6 Å². The van der Waals surface area contributed by atoms with Crippen LogP contribution in [0.1, 0.15) is 27.7 Å². The minimum absolute atomic E-state index is 0.312. The van der Waals surface area contributed by atoms with Gasteiger partial charge in [0.2, 0.25) is 0 Å². The molecule has 3 nitrogen and oxygen atoms in total. The van der Waals surface area contributed by atoms with Gasteiger partial charge < -0.3 is 10.5 Å². The van der Waals surface area contributed by atoms with Crippen LogP contribution in [0.2, 0.25) is 0 Å². The van der Waals surface area contributed by atoms with E-state index in [0.29, 0.717) is 5.75 Å². The number of esters is 1. The Kier molecular flexibility index (Phi) is 5.40. The van der Waals surface area contributed by atoms with Crippen molar-refractivity contribution in [1.29, 1.82) is 0 Å². The molecule has 0 amide bonds. The molecule has 0 aromatic carbocycles. The van der Waals surface area contributed by atoms with Gasteiger partial charge in [0.15, 0.2) is 0 Å². The van der Waals surface area contributed by atoms with E-state index in [1.807, 2.05) is 27.7 Å². The lowest BCUT2D eigenvalue weighted by atomic mass is 10.2. The van der Waals surface area contributed by atoms with E-state index in [2.05, 4.69) is 0 Å². The highest BCUT2D eigenvalue weighted by Gasteiger charge is 2.21. The number of nitrogens with two attached hydrogens (primary N) is 1. The average Bonchev–Trinajstić information content (AvgIpc) is 1.96. The maximum absolute atomic E-state index is 11.3. The molecule has 0 rings (SSSR count). The third kappa shape index (κ3) is 6.90. The van der Waals surface area contributed by atoms with E-state index in [1.54, 1.807) is 11.8 Å². The van der Waals surface area contributed by atoms with Crippen LogP contribution in [0.3, 0.4) is 0 Å². The number of rotatable bonds is 4. The Morgan fingerprint density at radius 1 is 1.54 bits per heavy atom. The lowest BCUT2D eigenvalue weighted by Crippen LogP contribution is -2.39. The summed E-state index contributed by atoms with van der Waals surface area (Å²) in [7, 11) is 0. The fourth-order valence-electron chi connectivity index (χ4n) is 0.690. The quantitative estimate of drug-likeness (QED) is 0.705. The maximum atomic E-state index is 11.3. The van der Waals surface area contributed by atoms with E-state index >= 15 is 0 Å². The number of carbonyl (C=O) groups excluding carboxylic acids is 1. The van der Waals surface area contributed by atoms with E-state index in [4.69, 9.17) is 10.5 Å². The molecule has 0 saturated carbocycles. The largest absolute Gasteiger partial charge is 0.459 e. The zero-order valence-corrected chi connectivity index (χ0v) is 9.61. The van der Waals surface area contributed by atoms with E-state index in [-0.39, 0.29) is 5.97 Å². The Balaban J connectivity index is 3.83. The number of ether oxygens (including phenoxy) is 1. The molecule has 13 heavy (non-hydrogen) atoms. The van der Waals surface area contributed by atoms with Crippen LogP contribution in [0.25, 0.3) is 0 Å². The lowest BCUT2D eigenvalue weighted by Gasteiger charge is -2.21. The Morgan fingerprint density at radius 2 is 2.08 bits per heavy atom. The fraction of sp³-hybridized carbons (Fsp3) is 0.889. The molecule has 0 fully saturated rings. The molecule has 0 saturated heterocycles. The molecule has 0 aromatic rings. The zero-order valence-electron chi connectivity index (χ0n) is 8.79. The molecule has 0 aliphatic rings. The summed E-state index contributed by atoms with van der Waals surface area (Å²) >= 11 is 1.64. The maximum Gasteiger partial charge on any atom is 0.324 e. The summed E-state index contributed by atoms with van der Waals surface area (Å²) in [6, 6.07) is -0.496. The van der Waals surface area contributed by atoms with Gasteiger partial charge in [-0.25, -0.2) is 0 Å². The molecule has 0 aromatic heterocycles. The Hall–Kier alpha value is -0.220. The summed E-state index contributed by atoms with van der Waals surface area (Å²) in [6.45, 7) is 7.55.